The number of nitrogens with zero attached hydrogens (tertiary/aromatic N) is 2. The Hall–Kier alpha value is -4.26. The standard InChI is InChI=1S/C35H43N5O7S/c1-21-12-15-26(29-11-8-9-22(2)36-29)30(17-21)37-34(44)47-24-18-27-28(19-24)32(42)40(3)16-7-5-4-6-10-23-20-35(23,38-31(27)41)33(43)39-48(45,46)25-13-14-25/h6,8-12,15,17,23-25,27-28H,4-5,7,13-14,16,18-20H2,1-3H3,(H,37,44)(H,38,41)(H,39,43)/b10-6+. The molecule has 12 nitrogen and oxygen atoms in total. The summed E-state index contributed by atoms with van der Waals surface area (Å²) in [5.74, 6) is -3.57. The summed E-state index contributed by atoms with van der Waals surface area (Å²) in [6.07, 6.45) is 6.09. The summed E-state index contributed by atoms with van der Waals surface area (Å²) in [5, 5.41) is 5.10. The van der Waals surface area contributed by atoms with Crippen molar-refractivity contribution in [2.45, 2.75) is 82.1 Å². The highest BCUT2D eigenvalue weighted by Crippen LogP contribution is 2.47. The van der Waals surface area contributed by atoms with Crippen molar-refractivity contribution in [2.75, 3.05) is 18.9 Å². The molecule has 5 unspecified atom stereocenters. The highest BCUT2D eigenvalue weighted by atomic mass is 32.2. The SMILES string of the molecule is Cc1ccc(-c2cccc(C)n2)c(NC(=O)OC2CC3C(=O)NC4(C(=O)NS(=O)(=O)C5CC5)CC4/C=C/CCCCN(C)C(=O)C3C2)c1. The predicted octanol–water partition coefficient (Wildman–Crippen LogP) is 3.99. The van der Waals surface area contributed by atoms with Gasteiger partial charge in [0.15, 0.2) is 0 Å². The summed E-state index contributed by atoms with van der Waals surface area (Å²) in [7, 11) is -2.14. The van der Waals surface area contributed by atoms with Crippen LogP contribution in [0.25, 0.3) is 11.3 Å². The number of aromatic nitrogens is 1. The fourth-order valence-corrected chi connectivity index (χ4v) is 8.22. The minimum absolute atomic E-state index is 0.0716. The zero-order chi connectivity index (χ0) is 34.2. The molecule has 3 aliphatic carbocycles. The molecule has 0 saturated heterocycles. The first-order valence-electron chi connectivity index (χ1n) is 16.7. The zero-order valence-electron chi connectivity index (χ0n) is 27.5. The van der Waals surface area contributed by atoms with Crippen molar-refractivity contribution in [3.8, 4) is 11.3 Å². The van der Waals surface area contributed by atoms with Crippen LogP contribution in [-0.4, -0.2) is 72.6 Å². The highest BCUT2D eigenvalue weighted by molar-refractivity contribution is 7.91. The van der Waals surface area contributed by atoms with Crippen molar-refractivity contribution in [3.05, 3.63) is 59.8 Å². The molecule has 3 saturated carbocycles. The summed E-state index contributed by atoms with van der Waals surface area (Å²) in [5.41, 5.74) is 2.25. The van der Waals surface area contributed by atoms with Crippen LogP contribution in [-0.2, 0) is 29.1 Å². The van der Waals surface area contributed by atoms with Crippen LogP contribution in [0.2, 0.25) is 0 Å². The van der Waals surface area contributed by atoms with Gasteiger partial charge in [0.1, 0.15) is 11.6 Å². The number of benzene rings is 1. The van der Waals surface area contributed by atoms with Gasteiger partial charge in [-0.15, -0.1) is 0 Å². The molecule has 3 fully saturated rings. The second-order valence-corrected chi connectivity index (χ2v) is 15.6. The van der Waals surface area contributed by atoms with E-state index in [0.717, 1.165) is 36.1 Å². The molecule has 256 valence electrons. The average molecular weight is 678 g/mol. The molecule has 0 spiro atoms. The van der Waals surface area contributed by atoms with Crippen molar-refractivity contribution >= 4 is 39.5 Å². The van der Waals surface area contributed by atoms with Gasteiger partial charge in [-0.3, -0.25) is 29.4 Å². The van der Waals surface area contributed by atoms with Gasteiger partial charge in [-0.2, -0.15) is 0 Å². The van der Waals surface area contributed by atoms with Gasteiger partial charge in [0.2, 0.25) is 21.8 Å². The molecule has 3 N–H and O–H groups in total. The molecule has 2 heterocycles. The van der Waals surface area contributed by atoms with E-state index in [1.807, 2.05) is 62.4 Å². The zero-order valence-corrected chi connectivity index (χ0v) is 28.3. The van der Waals surface area contributed by atoms with E-state index in [4.69, 9.17) is 4.74 Å². The second-order valence-electron chi connectivity index (χ2n) is 13.7. The number of carbonyl (C=O) groups is 4. The van der Waals surface area contributed by atoms with E-state index < -0.39 is 56.7 Å². The van der Waals surface area contributed by atoms with Crippen LogP contribution in [0.1, 0.15) is 62.6 Å². The van der Waals surface area contributed by atoms with Crippen LogP contribution in [0.15, 0.2) is 48.6 Å². The molecule has 5 atom stereocenters. The van der Waals surface area contributed by atoms with Gasteiger partial charge in [-0.25, -0.2) is 13.2 Å². The van der Waals surface area contributed by atoms with Crippen LogP contribution in [0.3, 0.4) is 0 Å². The fraction of sp³-hybridized carbons (Fsp3) is 0.514. The van der Waals surface area contributed by atoms with Gasteiger partial charge in [-0.05, 0) is 89.0 Å². The molecule has 4 aliphatic rings. The lowest BCUT2D eigenvalue weighted by molar-refractivity contribution is -0.140. The van der Waals surface area contributed by atoms with Crippen LogP contribution in [0.4, 0.5) is 10.5 Å². The first kappa shape index (κ1) is 33.6. The van der Waals surface area contributed by atoms with Crippen LogP contribution in [0.5, 0.6) is 0 Å². The molecule has 0 radical (unpaired) electrons. The summed E-state index contributed by atoms with van der Waals surface area (Å²) < 4.78 is 33.4. The number of nitrogens with one attached hydrogen (secondary N) is 3. The second kappa shape index (κ2) is 13.3. The van der Waals surface area contributed by atoms with E-state index in [0.29, 0.717) is 30.8 Å². The molecule has 1 aliphatic heterocycles. The third-order valence-electron chi connectivity index (χ3n) is 9.85. The summed E-state index contributed by atoms with van der Waals surface area (Å²) >= 11 is 0. The number of rotatable bonds is 6. The van der Waals surface area contributed by atoms with E-state index in [9.17, 15) is 27.6 Å². The minimum atomic E-state index is -3.84. The Morgan fingerprint density at radius 3 is 2.58 bits per heavy atom. The summed E-state index contributed by atoms with van der Waals surface area (Å²) in [6, 6.07) is 11.3. The Kier molecular flexibility index (Phi) is 9.34. The van der Waals surface area contributed by atoms with E-state index in [2.05, 4.69) is 20.3 Å². The lowest BCUT2D eigenvalue weighted by Gasteiger charge is -2.26. The van der Waals surface area contributed by atoms with Gasteiger partial charge in [0, 0.05) is 30.8 Å². The van der Waals surface area contributed by atoms with Crippen molar-refractivity contribution < 1.29 is 32.3 Å². The first-order valence-corrected chi connectivity index (χ1v) is 18.2. The first-order chi connectivity index (χ1) is 22.9. The number of allylic oxidation sites excluding steroid dienone is 1. The lowest BCUT2D eigenvalue weighted by atomic mass is 9.93. The maximum atomic E-state index is 14.0. The topological polar surface area (TPSA) is 164 Å². The Bertz CT molecular complexity index is 1760. The van der Waals surface area contributed by atoms with Crippen molar-refractivity contribution in [2.24, 2.45) is 17.8 Å². The van der Waals surface area contributed by atoms with E-state index in [1.165, 1.54) is 0 Å². The number of ether oxygens (including phenoxy) is 1. The van der Waals surface area contributed by atoms with Crippen molar-refractivity contribution in [3.63, 3.8) is 0 Å². The van der Waals surface area contributed by atoms with Gasteiger partial charge < -0.3 is 15.0 Å². The molecule has 1 aromatic heterocycles. The molecule has 1 aromatic carbocycles. The Morgan fingerprint density at radius 2 is 1.83 bits per heavy atom. The summed E-state index contributed by atoms with van der Waals surface area (Å²) in [4.78, 5) is 60.6. The number of hydrogen-bond donors (Lipinski definition) is 3. The molecule has 2 aromatic rings. The number of carbonyl (C=O) groups excluding carboxylic acids is 4. The molecule has 13 heteroatoms. The van der Waals surface area contributed by atoms with Crippen LogP contribution >= 0.6 is 0 Å². The maximum Gasteiger partial charge on any atom is 0.411 e. The minimum Gasteiger partial charge on any atom is -0.446 e. The number of aryl methyl sites for hydroxylation is 2. The largest absolute Gasteiger partial charge is 0.446 e. The Morgan fingerprint density at radius 1 is 1.06 bits per heavy atom. The van der Waals surface area contributed by atoms with Gasteiger partial charge >= 0.3 is 6.09 Å². The summed E-state index contributed by atoms with van der Waals surface area (Å²) in [6.45, 7) is 4.31. The number of anilines is 1. The molecule has 0 bridgehead atoms. The molecule has 4 amide bonds. The van der Waals surface area contributed by atoms with Gasteiger partial charge in [-0.1, -0.05) is 30.4 Å². The number of sulfonamides is 1. The Labute approximate surface area is 281 Å². The Balaban J connectivity index is 1.21. The predicted molar refractivity (Wildman–Crippen MR) is 179 cm³/mol. The lowest BCUT2D eigenvalue weighted by Crippen LogP contribution is -2.54. The van der Waals surface area contributed by atoms with Gasteiger partial charge in [0.25, 0.3) is 5.91 Å². The smallest absolute Gasteiger partial charge is 0.411 e. The molecule has 48 heavy (non-hydrogen) atoms. The van der Waals surface area contributed by atoms with E-state index in [-0.39, 0.29) is 31.1 Å². The maximum absolute atomic E-state index is 14.0. The van der Waals surface area contributed by atoms with E-state index >= 15 is 0 Å². The normalized spacial score (nSPS) is 28.3. The number of hydrogen-bond acceptors (Lipinski definition) is 8. The molecule has 6 rings (SSSR count). The molecular formula is C35H43N5O7S. The third-order valence-corrected chi connectivity index (χ3v) is 11.7. The fourth-order valence-electron chi connectivity index (χ4n) is 6.86. The number of amides is 4. The average Bonchev–Trinajstić information content (AvgIpc) is 3.95. The van der Waals surface area contributed by atoms with Crippen molar-refractivity contribution in [1.29, 1.82) is 0 Å². The highest BCUT2D eigenvalue weighted by Gasteiger charge is 2.62. The quantitative estimate of drug-likeness (QED) is 0.387. The van der Waals surface area contributed by atoms with Crippen molar-refractivity contribution in [1.82, 2.24) is 19.9 Å². The molecular weight excluding hydrogens is 634 g/mol. The van der Waals surface area contributed by atoms with Crippen LogP contribution < -0.4 is 15.4 Å². The van der Waals surface area contributed by atoms with E-state index in [1.54, 1.807) is 11.9 Å². The number of pyridine rings is 1. The number of fused-ring (bicyclic) bond motifs is 2. The van der Waals surface area contributed by atoms with Crippen LogP contribution in [0, 0.1) is 31.6 Å². The third kappa shape index (κ3) is 7.25. The van der Waals surface area contributed by atoms with Gasteiger partial charge in [0.05, 0.1) is 28.5 Å². The monoisotopic (exact) mass is 677 g/mol.